The monoisotopic (exact) mass is 248 g/mol. The van der Waals surface area contributed by atoms with Gasteiger partial charge in [-0.25, -0.2) is 4.39 Å². The van der Waals surface area contributed by atoms with Crippen LogP contribution in [0.25, 0.3) is 0 Å². The number of rotatable bonds is 4. The lowest BCUT2D eigenvalue weighted by Crippen LogP contribution is -2.28. The van der Waals surface area contributed by atoms with Crippen molar-refractivity contribution in [2.75, 3.05) is 0 Å². The summed E-state index contributed by atoms with van der Waals surface area (Å²) >= 11 is 0. The van der Waals surface area contributed by atoms with Gasteiger partial charge in [0, 0.05) is 12.2 Å². The molecular formula is C14H18BFO2. The molecule has 0 saturated carbocycles. The molecule has 0 saturated heterocycles. The molecule has 0 radical (unpaired) electrons. The van der Waals surface area contributed by atoms with E-state index in [4.69, 9.17) is 9.31 Å². The summed E-state index contributed by atoms with van der Waals surface area (Å²) in [7, 11) is -0.635. The third-order valence-corrected chi connectivity index (χ3v) is 1.99. The van der Waals surface area contributed by atoms with Crippen LogP contribution in [-0.2, 0) is 9.31 Å². The molecule has 4 heteroatoms. The highest BCUT2D eigenvalue weighted by molar-refractivity contribution is 6.54. The Kier molecular flexibility index (Phi) is 5.90. The van der Waals surface area contributed by atoms with E-state index in [1.807, 2.05) is 27.7 Å². The zero-order valence-electron chi connectivity index (χ0n) is 11.2. The maximum absolute atomic E-state index is 13.4. The van der Waals surface area contributed by atoms with E-state index in [0.29, 0.717) is 5.56 Å². The molecule has 0 unspecified atom stereocenters. The fourth-order valence-corrected chi connectivity index (χ4v) is 1.29. The summed E-state index contributed by atoms with van der Waals surface area (Å²) in [5, 5.41) is 0. The van der Waals surface area contributed by atoms with Crippen LogP contribution in [-0.4, -0.2) is 19.3 Å². The molecule has 0 bridgehead atoms. The molecule has 1 rings (SSSR count). The Morgan fingerprint density at radius 1 is 1.06 bits per heavy atom. The summed E-state index contributed by atoms with van der Waals surface area (Å²) in [6, 6.07) is 6.39. The predicted molar refractivity (Wildman–Crippen MR) is 71.5 cm³/mol. The van der Waals surface area contributed by atoms with Crippen molar-refractivity contribution in [1.82, 2.24) is 0 Å². The molecule has 1 aromatic carbocycles. The number of hydrogen-bond acceptors (Lipinski definition) is 2. The van der Waals surface area contributed by atoms with E-state index in [1.54, 1.807) is 18.2 Å². The van der Waals surface area contributed by atoms with E-state index in [0.717, 1.165) is 0 Å². The van der Waals surface area contributed by atoms with Gasteiger partial charge in [0.25, 0.3) is 0 Å². The van der Waals surface area contributed by atoms with Gasteiger partial charge in [-0.2, -0.15) is 0 Å². The molecule has 0 fully saturated rings. The van der Waals surface area contributed by atoms with Crippen molar-refractivity contribution in [3.05, 3.63) is 35.6 Å². The van der Waals surface area contributed by atoms with E-state index < -0.39 is 7.12 Å². The van der Waals surface area contributed by atoms with Gasteiger partial charge >= 0.3 is 7.12 Å². The van der Waals surface area contributed by atoms with E-state index in [1.165, 1.54) is 6.07 Å². The third-order valence-electron chi connectivity index (χ3n) is 1.99. The SMILES string of the molecule is CC(C)OB(C#Cc1ccccc1F)OC(C)C. The van der Waals surface area contributed by atoms with Gasteiger partial charge in [-0.3, -0.25) is 0 Å². The highest BCUT2D eigenvalue weighted by Crippen LogP contribution is 2.05. The average Bonchev–Trinajstić information content (AvgIpc) is 2.26. The molecule has 2 nitrogen and oxygen atoms in total. The molecule has 0 aliphatic rings. The number of halogens is 1. The minimum absolute atomic E-state index is 0.00340. The summed E-state index contributed by atoms with van der Waals surface area (Å²) in [4.78, 5) is 0. The lowest BCUT2D eigenvalue weighted by atomic mass is 9.90. The topological polar surface area (TPSA) is 18.5 Å². The Morgan fingerprint density at radius 3 is 2.11 bits per heavy atom. The van der Waals surface area contributed by atoms with Gasteiger partial charge in [0.05, 0.1) is 5.56 Å². The van der Waals surface area contributed by atoms with Crippen molar-refractivity contribution in [2.24, 2.45) is 0 Å². The zero-order chi connectivity index (χ0) is 13.5. The molecule has 0 spiro atoms. The number of hydrogen-bond donors (Lipinski definition) is 0. The number of benzene rings is 1. The predicted octanol–water partition coefficient (Wildman–Crippen LogP) is 3.05. The van der Waals surface area contributed by atoms with Crippen LogP contribution >= 0.6 is 0 Å². The van der Waals surface area contributed by atoms with Crippen LogP contribution in [0.2, 0.25) is 0 Å². The zero-order valence-corrected chi connectivity index (χ0v) is 11.2. The van der Waals surface area contributed by atoms with Crippen LogP contribution in [0.15, 0.2) is 24.3 Å². The summed E-state index contributed by atoms with van der Waals surface area (Å²) in [5.74, 6) is 5.22. The molecule has 96 valence electrons. The first-order valence-electron chi connectivity index (χ1n) is 6.06. The van der Waals surface area contributed by atoms with Crippen LogP contribution in [0, 0.1) is 17.6 Å². The van der Waals surface area contributed by atoms with Gasteiger partial charge in [-0.15, -0.1) is 0 Å². The fraction of sp³-hybridized carbons (Fsp3) is 0.429. The molecule has 0 aromatic heterocycles. The van der Waals surface area contributed by atoms with Crippen molar-refractivity contribution in [2.45, 2.75) is 39.9 Å². The summed E-state index contributed by atoms with van der Waals surface area (Å²) in [5.41, 5.74) is 0.349. The highest BCUT2D eigenvalue weighted by Gasteiger charge is 2.18. The van der Waals surface area contributed by atoms with Gasteiger partial charge in [-0.05, 0) is 39.8 Å². The first-order valence-corrected chi connectivity index (χ1v) is 6.06. The molecule has 0 aliphatic heterocycles. The minimum atomic E-state index is -0.635. The molecule has 0 amide bonds. The molecule has 1 aromatic rings. The molecule has 18 heavy (non-hydrogen) atoms. The Labute approximate surface area is 109 Å². The van der Waals surface area contributed by atoms with Crippen LogP contribution < -0.4 is 0 Å². The van der Waals surface area contributed by atoms with E-state index in [2.05, 4.69) is 11.7 Å². The van der Waals surface area contributed by atoms with Crippen molar-refractivity contribution in [3.63, 3.8) is 0 Å². The Hall–Kier alpha value is -1.31. The molecular weight excluding hydrogens is 230 g/mol. The van der Waals surface area contributed by atoms with Crippen LogP contribution in [0.5, 0.6) is 0 Å². The van der Waals surface area contributed by atoms with Crippen molar-refractivity contribution >= 4 is 7.12 Å². The summed E-state index contributed by atoms with van der Waals surface area (Å²) in [6.07, 6.45) is 0.00680. The van der Waals surface area contributed by atoms with Crippen LogP contribution in [0.3, 0.4) is 0 Å². The fourth-order valence-electron chi connectivity index (χ4n) is 1.29. The second-order valence-electron chi connectivity index (χ2n) is 4.45. The third kappa shape index (κ3) is 5.35. The maximum atomic E-state index is 13.4. The minimum Gasteiger partial charge on any atom is -0.398 e. The van der Waals surface area contributed by atoms with Gasteiger partial charge in [0.15, 0.2) is 0 Å². The first kappa shape index (κ1) is 14.8. The second-order valence-corrected chi connectivity index (χ2v) is 4.45. The quantitative estimate of drug-likeness (QED) is 0.602. The van der Waals surface area contributed by atoms with Gasteiger partial charge in [0.2, 0.25) is 0 Å². The van der Waals surface area contributed by atoms with Crippen LogP contribution in [0.4, 0.5) is 4.39 Å². The smallest absolute Gasteiger partial charge is 0.398 e. The Bertz CT molecular complexity index is 425. The normalized spacial score (nSPS) is 10.4. The van der Waals surface area contributed by atoms with Gasteiger partial charge in [0.1, 0.15) is 5.82 Å². The second kappa shape index (κ2) is 7.20. The first-order chi connectivity index (χ1) is 8.49. The molecule has 0 atom stereocenters. The molecule has 0 N–H and O–H groups in total. The van der Waals surface area contributed by atoms with Crippen molar-refractivity contribution in [3.8, 4) is 11.7 Å². The Morgan fingerprint density at radius 2 is 1.61 bits per heavy atom. The van der Waals surface area contributed by atoms with Crippen molar-refractivity contribution < 1.29 is 13.7 Å². The van der Waals surface area contributed by atoms with E-state index in [-0.39, 0.29) is 18.0 Å². The average molecular weight is 248 g/mol. The highest BCUT2D eigenvalue weighted by atomic mass is 19.1. The summed E-state index contributed by atoms with van der Waals surface area (Å²) < 4.78 is 24.4. The van der Waals surface area contributed by atoms with Gasteiger partial charge in [-0.1, -0.05) is 23.9 Å². The largest absolute Gasteiger partial charge is 0.550 e. The summed E-state index contributed by atoms with van der Waals surface area (Å²) in [6.45, 7) is 7.62. The van der Waals surface area contributed by atoms with E-state index in [9.17, 15) is 4.39 Å². The Balaban J connectivity index is 2.80. The molecule has 0 heterocycles. The maximum Gasteiger partial charge on any atom is 0.550 e. The van der Waals surface area contributed by atoms with Crippen molar-refractivity contribution in [1.29, 1.82) is 0 Å². The molecule has 0 aliphatic carbocycles. The standard InChI is InChI=1S/C14H18BFO2/c1-11(2)17-15(18-12(3)4)10-9-13-7-5-6-8-14(13)16/h5-8,11-12H,1-4H3. The van der Waals surface area contributed by atoms with E-state index >= 15 is 0 Å². The lowest BCUT2D eigenvalue weighted by molar-refractivity contribution is 0.140. The van der Waals surface area contributed by atoms with Gasteiger partial charge < -0.3 is 9.31 Å². The van der Waals surface area contributed by atoms with Crippen LogP contribution in [0.1, 0.15) is 33.3 Å². The lowest BCUT2D eigenvalue weighted by Gasteiger charge is -2.14.